The molecule has 7 heteroatoms. The van der Waals surface area contributed by atoms with Gasteiger partial charge in [-0.05, 0) is 11.6 Å². The molecule has 0 amide bonds. The third-order valence-corrected chi connectivity index (χ3v) is 4.05. The van der Waals surface area contributed by atoms with Gasteiger partial charge in [0.2, 0.25) is 0 Å². The molecule has 100 valence electrons. The summed E-state index contributed by atoms with van der Waals surface area (Å²) in [7, 11) is -3.74. The number of hydrogen-bond donors (Lipinski definition) is 2. The molecule has 18 heavy (non-hydrogen) atoms. The molecule has 0 saturated heterocycles. The molecule has 0 atom stereocenters. The van der Waals surface area contributed by atoms with Crippen LogP contribution in [0.25, 0.3) is 0 Å². The number of rotatable bonds is 7. The van der Waals surface area contributed by atoms with Gasteiger partial charge in [-0.3, -0.25) is 0 Å². The second-order valence-corrected chi connectivity index (χ2v) is 5.42. The van der Waals surface area contributed by atoms with E-state index < -0.39 is 10.0 Å². The van der Waals surface area contributed by atoms with Crippen LogP contribution in [0, 0.1) is 0 Å². The lowest BCUT2D eigenvalue weighted by atomic mass is 10.3. The van der Waals surface area contributed by atoms with E-state index in [0.717, 1.165) is 4.31 Å². The van der Waals surface area contributed by atoms with Gasteiger partial charge in [0.25, 0.3) is 10.0 Å². The molecule has 1 aromatic heterocycles. The lowest BCUT2D eigenvalue weighted by Gasteiger charge is -2.18. The molecule has 0 radical (unpaired) electrons. The van der Waals surface area contributed by atoms with Crippen molar-refractivity contribution >= 4 is 10.0 Å². The predicted molar refractivity (Wildman–Crippen MR) is 66.2 cm³/mol. The Morgan fingerprint density at radius 2 is 2.11 bits per heavy atom. The molecule has 0 unspecified atom stereocenters. The minimum atomic E-state index is -3.74. The Balaban J connectivity index is 3.04. The van der Waals surface area contributed by atoms with Gasteiger partial charge < -0.3 is 10.2 Å². The van der Waals surface area contributed by atoms with E-state index in [1.165, 1.54) is 24.4 Å². The monoisotopic (exact) mass is 272 g/mol. The SMILES string of the molecule is C=CCN(CCO)S(=O)(=O)c1ccc(CO)cn1. The molecular weight excluding hydrogens is 256 g/mol. The van der Waals surface area contributed by atoms with Crippen LogP contribution in [0.4, 0.5) is 0 Å². The molecule has 0 aromatic carbocycles. The van der Waals surface area contributed by atoms with Gasteiger partial charge in [-0.25, -0.2) is 13.4 Å². The Labute approximate surface area is 106 Å². The maximum Gasteiger partial charge on any atom is 0.260 e. The smallest absolute Gasteiger partial charge is 0.260 e. The molecule has 6 nitrogen and oxygen atoms in total. The van der Waals surface area contributed by atoms with E-state index in [1.807, 2.05) is 0 Å². The second kappa shape index (κ2) is 6.60. The van der Waals surface area contributed by atoms with Gasteiger partial charge in [-0.2, -0.15) is 4.31 Å². The number of aliphatic hydroxyl groups is 2. The van der Waals surface area contributed by atoms with Crippen molar-refractivity contribution in [1.82, 2.24) is 9.29 Å². The third-order valence-electron chi connectivity index (χ3n) is 2.27. The summed E-state index contributed by atoms with van der Waals surface area (Å²) in [5, 5.41) is 17.6. The van der Waals surface area contributed by atoms with E-state index in [9.17, 15) is 8.42 Å². The molecule has 0 spiro atoms. The fourth-order valence-electron chi connectivity index (χ4n) is 1.35. The Morgan fingerprint density at radius 3 is 2.56 bits per heavy atom. The van der Waals surface area contributed by atoms with Gasteiger partial charge >= 0.3 is 0 Å². The van der Waals surface area contributed by atoms with Crippen LogP contribution in [0.1, 0.15) is 5.56 Å². The first kappa shape index (κ1) is 14.8. The minimum absolute atomic E-state index is 0.0161. The van der Waals surface area contributed by atoms with Crippen LogP contribution in [-0.4, -0.2) is 47.6 Å². The molecule has 0 saturated carbocycles. The highest BCUT2D eigenvalue weighted by molar-refractivity contribution is 7.89. The van der Waals surface area contributed by atoms with Crippen molar-refractivity contribution in [3.8, 4) is 0 Å². The first-order chi connectivity index (χ1) is 8.56. The van der Waals surface area contributed by atoms with Gasteiger partial charge in [0.1, 0.15) is 0 Å². The summed E-state index contributed by atoms with van der Waals surface area (Å²) in [4.78, 5) is 3.80. The third kappa shape index (κ3) is 3.36. The summed E-state index contributed by atoms with van der Waals surface area (Å²) >= 11 is 0. The van der Waals surface area contributed by atoms with Crippen LogP contribution in [-0.2, 0) is 16.6 Å². The molecule has 0 aliphatic carbocycles. The van der Waals surface area contributed by atoms with Crippen LogP contribution >= 0.6 is 0 Å². The van der Waals surface area contributed by atoms with E-state index in [0.29, 0.717) is 5.56 Å². The van der Waals surface area contributed by atoms with Crippen LogP contribution in [0.15, 0.2) is 36.0 Å². The summed E-state index contributed by atoms with van der Waals surface area (Å²) in [5.41, 5.74) is 0.534. The molecule has 0 aliphatic heterocycles. The van der Waals surface area contributed by atoms with Crippen molar-refractivity contribution in [2.24, 2.45) is 0 Å². The molecular formula is C11H16N2O4S. The number of hydrogen-bond acceptors (Lipinski definition) is 5. The van der Waals surface area contributed by atoms with Gasteiger partial charge in [0.05, 0.1) is 13.2 Å². The van der Waals surface area contributed by atoms with Crippen LogP contribution in [0.3, 0.4) is 0 Å². The number of nitrogens with zero attached hydrogens (tertiary/aromatic N) is 2. The standard InChI is InChI=1S/C11H16N2O4S/c1-2-5-13(6-7-14)18(16,17)11-4-3-10(9-15)8-12-11/h2-4,8,14-15H,1,5-7,9H2. The topological polar surface area (TPSA) is 90.7 Å². The van der Waals surface area contributed by atoms with Crippen LogP contribution < -0.4 is 0 Å². The molecule has 1 aromatic rings. The summed E-state index contributed by atoms with van der Waals surface area (Å²) < 4.78 is 25.4. The lowest BCUT2D eigenvalue weighted by Crippen LogP contribution is -2.34. The fraction of sp³-hybridized carbons (Fsp3) is 0.364. The van der Waals surface area contributed by atoms with E-state index >= 15 is 0 Å². The van der Waals surface area contributed by atoms with E-state index in [-0.39, 0.29) is 31.3 Å². The Kier molecular flexibility index (Phi) is 5.42. The fourth-order valence-corrected chi connectivity index (χ4v) is 2.67. The molecule has 0 bridgehead atoms. The summed E-state index contributed by atoms with van der Waals surface area (Å²) in [5.74, 6) is 0. The zero-order valence-electron chi connectivity index (χ0n) is 9.86. The highest BCUT2D eigenvalue weighted by atomic mass is 32.2. The second-order valence-electron chi connectivity index (χ2n) is 3.54. The number of sulfonamides is 1. The van der Waals surface area contributed by atoms with Crippen molar-refractivity contribution in [3.63, 3.8) is 0 Å². The number of pyridine rings is 1. The van der Waals surface area contributed by atoms with Gasteiger partial charge in [0, 0.05) is 19.3 Å². The number of aliphatic hydroxyl groups excluding tert-OH is 2. The molecule has 0 aliphatic rings. The highest BCUT2D eigenvalue weighted by Gasteiger charge is 2.24. The molecule has 1 heterocycles. The van der Waals surface area contributed by atoms with Gasteiger partial charge in [-0.1, -0.05) is 12.1 Å². The first-order valence-corrected chi connectivity index (χ1v) is 6.78. The molecule has 2 N–H and O–H groups in total. The number of aromatic nitrogens is 1. The molecule has 1 rings (SSSR count). The van der Waals surface area contributed by atoms with Crippen molar-refractivity contribution in [1.29, 1.82) is 0 Å². The maximum atomic E-state index is 12.2. The van der Waals surface area contributed by atoms with Crippen LogP contribution in [0.5, 0.6) is 0 Å². The first-order valence-electron chi connectivity index (χ1n) is 5.34. The zero-order chi connectivity index (χ0) is 13.6. The summed E-state index contributed by atoms with van der Waals surface area (Å²) in [6, 6.07) is 2.82. The summed E-state index contributed by atoms with van der Waals surface area (Å²) in [6.07, 6.45) is 2.74. The average Bonchev–Trinajstić information content (AvgIpc) is 2.38. The van der Waals surface area contributed by atoms with Gasteiger partial charge in [-0.15, -0.1) is 6.58 Å². The minimum Gasteiger partial charge on any atom is -0.395 e. The van der Waals surface area contributed by atoms with Crippen molar-refractivity contribution in [2.45, 2.75) is 11.6 Å². The lowest BCUT2D eigenvalue weighted by molar-refractivity contribution is 0.260. The largest absolute Gasteiger partial charge is 0.395 e. The van der Waals surface area contributed by atoms with Gasteiger partial charge in [0.15, 0.2) is 5.03 Å². The van der Waals surface area contributed by atoms with Crippen molar-refractivity contribution in [3.05, 3.63) is 36.5 Å². The zero-order valence-corrected chi connectivity index (χ0v) is 10.7. The van der Waals surface area contributed by atoms with E-state index in [2.05, 4.69) is 11.6 Å². The van der Waals surface area contributed by atoms with Crippen molar-refractivity contribution < 1.29 is 18.6 Å². The van der Waals surface area contributed by atoms with E-state index in [4.69, 9.17) is 10.2 Å². The average molecular weight is 272 g/mol. The predicted octanol–water partition coefficient (Wildman–Crippen LogP) is -0.257. The maximum absolute atomic E-state index is 12.2. The Morgan fingerprint density at radius 1 is 1.39 bits per heavy atom. The highest BCUT2D eigenvalue weighted by Crippen LogP contribution is 2.13. The van der Waals surface area contributed by atoms with E-state index in [1.54, 1.807) is 0 Å². The summed E-state index contributed by atoms with van der Waals surface area (Å²) in [6.45, 7) is 3.09. The quantitative estimate of drug-likeness (QED) is 0.668. The Bertz CT molecular complexity index is 484. The van der Waals surface area contributed by atoms with Crippen LogP contribution in [0.2, 0.25) is 0 Å². The normalized spacial score (nSPS) is 11.7. The Hall–Kier alpha value is -1.28. The van der Waals surface area contributed by atoms with Crippen molar-refractivity contribution in [2.75, 3.05) is 19.7 Å². The molecule has 0 fully saturated rings.